The number of para-hydroxylation sites is 1. The first-order valence-corrected chi connectivity index (χ1v) is 6.14. The molecule has 0 fully saturated rings. The maximum absolute atomic E-state index is 11.7. The van der Waals surface area contributed by atoms with E-state index in [1.807, 2.05) is 45.0 Å². The number of hydrogen-bond donors (Lipinski definition) is 2. The first-order valence-electron chi connectivity index (χ1n) is 6.14. The maximum Gasteiger partial charge on any atom is 0.226 e. The molecule has 0 unspecified atom stereocenters. The molecule has 0 spiro atoms. The predicted molar refractivity (Wildman–Crippen MR) is 72.3 cm³/mol. The van der Waals surface area contributed by atoms with Gasteiger partial charge in [0.15, 0.2) is 0 Å². The van der Waals surface area contributed by atoms with E-state index in [1.54, 1.807) is 0 Å². The minimum absolute atomic E-state index is 0.0290. The summed E-state index contributed by atoms with van der Waals surface area (Å²) >= 11 is 0. The lowest BCUT2D eigenvalue weighted by molar-refractivity contribution is -0.124. The van der Waals surface area contributed by atoms with E-state index in [4.69, 9.17) is 0 Å². The van der Waals surface area contributed by atoms with Crippen molar-refractivity contribution in [3.05, 3.63) is 29.8 Å². The van der Waals surface area contributed by atoms with E-state index in [1.165, 1.54) is 0 Å². The van der Waals surface area contributed by atoms with Crippen LogP contribution in [0, 0.1) is 12.8 Å². The van der Waals surface area contributed by atoms with Crippen molar-refractivity contribution in [2.75, 3.05) is 11.9 Å². The summed E-state index contributed by atoms with van der Waals surface area (Å²) in [6.07, 6.45) is 0.285. The third-order valence-corrected chi connectivity index (χ3v) is 2.59. The molecule has 4 heteroatoms. The maximum atomic E-state index is 11.7. The zero-order valence-corrected chi connectivity index (χ0v) is 11.1. The molecule has 2 N–H and O–H groups in total. The molecule has 0 heterocycles. The molecule has 0 radical (unpaired) electrons. The summed E-state index contributed by atoms with van der Waals surface area (Å²) in [6.45, 7) is 5.95. The van der Waals surface area contributed by atoms with E-state index in [-0.39, 0.29) is 24.2 Å². The van der Waals surface area contributed by atoms with Gasteiger partial charge in [0.05, 0.1) is 0 Å². The number of aryl methyl sites for hydroxylation is 1. The van der Waals surface area contributed by atoms with Crippen molar-refractivity contribution in [1.82, 2.24) is 5.32 Å². The van der Waals surface area contributed by atoms with Crippen molar-refractivity contribution in [1.29, 1.82) is 0 Å². The fraction of sp³-hybridized carbons (Fsp3) is 0.429. The molecule has 1 rings (SSSR count). The van der Waals surface area contributed by atoms with Gasteiger partial charge in [-0.2, -0.15) is 0 Å². The van der Waals surface area contributed by atoms with E-state index >= 15 is 0 Å². The van der Waals surface area contributed by atoms with Gasteiger partial charge < -0.3 is 10.6 Å². The van der Waals surface area contributed by atoms with E-state index < -0.39 is 0 Å². The molecular formula is C14H20N2O2. The number of anilines is 1. The highest BCUT2D eigenvalue weighted by Crippen LogP contribution is 2.12. The first kappa shape index (κ1) is 14.2. The highest BCUT2D eigenvalue weighted by Gasteiger charge is 2.08. The van der Waals surface area contributed by atoms with Gasteiger partial charge in [-0.1, -0.05) is 32.0 Å². The Bertz CT molecular complexity index is 428. The quantitative estimate of drug-likeness (QED) is 0.838. The van der Waals surface area contributed by atoms with Crippen LogP contribution >= 0.6 is 0 Å². The van der Waals surface area contributed by atoms with Gasteiger partial charge in [-0.25, -0.2) is 0 Å². The number of benzene rings is 1. The molecule has 0 saturated carbocycles. The Kier molecular flexibility index (Phi) is 5.36. The van der Waals surface area contributed by atoms with E-state index in [0.717, 1.165) is 11.3 Å². The summed E-state index contributed by atoms with van der Waals surface area (Å²) in [5, 5.41) is 5.54. The van der Waals surface area contributed by atoms with Crippen LogP contribution in [0.5, 0.6) is 0 Å². The molecule has 0 aliphatic heterocycles. The van der Waals surface area contributed by atoms with Gasteiger partial charge in [0, 0.05) is 24.6 Å². The summed E-state index contributed by atoms with van der Waals surface area (Å²) in [5.41, 5.74) is 1.84. The van der Waals surface area contributed by atoms with Crippen LogP contribution in [0.3, 0.4) is 0 Å². The number of rotatable bonds is 5. The molecular weight excluding hydrogens is 228 g/mol. The summed E-state index contributed by atoms with van der Waals surface area (Å²) in [4.78, 5) is 22.9. The Morgan fingerprint density at radius 3 is 2.50 bits per heavy atom. The van der Waals surface area contributed by atoms with E-state index in [2.05, 4.69) is 10.6 Å². The normalized spacial score (nSPS) is 10.2. The molecule has 0 aliphatic rings. The Morgan fingerprint density at radius 2 is 1.89 bits per heavy atom. The standard InChI is InChI=1S/C14H20N2O2/c1-10(2)14(18)15-9-8-13(17)16-12-7-5-4-6-11(12)3/h4-7,10H,8-9H2,1-3H3,(H,15,18)(H,16,17). The zero-order valence-electron chi connectivity index (χ0n) is 11.1. The second kappa shape index (κ2) is 6.79. The minimum atomic E-state index is -0.0895. The van der Waals surface area contributed by atoms with Crippen molar-refractivity contribution in [3.8, 4) is 0 Å². The second-order valence-corrected chi connectivity index (χ2v) is 4.56. The Hall–Kier alpha value is -1.84. The molecule has 18 heavy (non-hydrogen) atoms. The number of hydrogen-bond acceptors (Lipinski definition) is 2. The monoisotopic (exact) mass is 248 g/mol. The molecule has 0 bridgehead atoms. The molecule has 0 aliphatic carbocycles. The highest BCUT2D eigenvalue weighted by molar-refractivity contribution is 5.91. The SMILES string of the molecule is Cc1ccccc1NC(=O)CCNC(=O)C(C)C. The third-order valence-electron chi connectivity index (χ3n) is 2.59. The minimum Gasteiger partial charge on any atom is -0.355 e. The number of carbonyl (C=O) groups excluding carboxylic acids is 2. The molecule has 2 amide bonds. The van der Waals surface area contributed by atoms with Gasteiger partial charge in [0.1, 0.15) is 0 Å². The molecule has 0 atom stereocenters. The van der Waals surface area contributed by atoms with Crippen molar-refractivity contribution in [2.45, 2.75) is 27.2 Å². The summed E-state index contributed by atoms with van der Waals surface area (Å²) in [7, 11) is 0. The van der Waals surface area contributed by atoms with Crippen LogP contribution in [0.15, 0.2) is 24.3 Å². The zero-order chi connectivity index (χ0) is 13.5. The molecule has 98 valence electrons. The van der Waals surface area contributed by atoms with Crippen LogP contribution in [0.4, 0.5) is 5.69 Å². The van der Waals surface area contributed by atoms with Crippen LogP contribution < -0.4 is 10.6 Å². The second-order valence-electron chi connectivity index (χ2n) is 4.56. The predicted octanol–water partition coefficient (Wildman–Crippen LogP) is 2.10. The number of nitrogens with one attached hydrogen (secondary N) is 2. The largest absolute Gasteiger partial charge is 0.355 e. The average Bonchev–Trinajstić information content (AvgIpc) is 2.32. The lowest BCUT2D eigenvalue weighted by atomic mass is 10.2. The number of carbonyl (C=O) groups is 2. The van der Waals surface area contributed by atoms with Gasteiger partial charge in [-0.05, 0) is 18.6 Å². The van der Waals surface area contributed by atoms with Gasteiger partial charge >= 0.3 is 0 Å². The van der Waals surface area contributed by atoms with Gasteiger partial charge in [-0.15, -0.1) is 0 Å². The smallest absolute Gasteiger partial charge is 0.226 e. The average molecular weight is 248 g/mol. The van der Waals surface area contributed by atoms with E-state index in [0.29, 0.717) is 6.54 Å². The summed E-state index contributed by atoms with van der Waals surface area (Å²) in [5.74, 6) is -0.170. The van der Waals surface area contributed by atoms with Gasteiger partial charge in [-0.3, -0.25) is 9.59 Å². The van der Waals surface area contributed by atoms with Crippen LogP contribution in [0.25, 0.3) is 0 Å². The molecule has 0 saturated heterocycles. The fourth-order valence-electron chi connectivity index (χ4n) is 1.43. The third kappa shape index (κ3) is 4.57. The molecule has 4 nitrogen and oxygen atoms in total. The first-order chi connectivity index (χ1) is 8.50. The molecule has 0 aromatic heterocycles. The van der Waals surface area contributed by atoms with Crippen molar-refractivity contribution in [2.24, 2.45) is 5.92 Å². The van der Waals surface area contributed by atoms with E-state index in [9.17, 15) is 9.59 Å². The van der Waals surface area contributed by atoms with Gasteiger partial charge in [0.2, 0.25) is 11.8 Å². The van der Waals surface area contributed by atoms with Crippen molar-refractivity contribution >= 4 is 17.5 Å². The summed E-state index contributed by atoms with van der Waals surface area (Å²) < 4.78 is 0. The Labute approximate surface area is 108 Å². The van der Waals surface area contributed by atoms with Crippen LogP contribution in [0.1, 0.15) is 25.8 Å². The molecule has 1 aromatic rings. The van der Waals surface area contributed by atoms with Crippen molar-refractivity contribution < 1.29 is 9.59 Å². The van der Waals surface area contributed by atoms with Crippen LogP contribution in [-0.4, -0.2) is 18.4 Å². The summed E-state index contributed by atoms with van der Waals surface area (Å²) in [6, 6.07) is 7.60. The fourth-order valence-corrected chi connectivity index (χ4v) is 1.43. The van der Waals surface area contributed by atoms with Crippen LogP contribution in [0.2, 0.25) is 0 Å². The topological polar surface area (TPSA) is 58.2 Å². The number of amides is 2. The Balaban J connectivity index is 2.35. The Morgan fingerprint density at radius 1 is 1.22 bits per heavy atom. The lowest BCUT2D eigenvalue weighted by Crippen LogP contribution is -2.30. The molecule has 1 aromatic carbocycles. The van der Waals surface area contributed by atoms with Crippen LogP contribution in [-0.2, 0) is 9.59 Å². The lowest BCUT2D eigenvalue weighted by Gasteiger charge is -2.09. The van der Waals surface area contributed by atoms with Crippen molar-refractivity contribution in [3.63, 3.8) is 0 Å². The highest BCUT2D eigenvalue weighted by atomic mass is 16.2. The van der Waals surface area contributed by atoms with Gasteiger partial charge in [0.25, 0.3) is 0 Å².